The average Bonchev–Trinajstić information content (AvgIpc) is 2.84. The number of ether oxygens (including phenoxy) is 1. The maximum absolute atomic E-state index is 6.16. The molecule has 21 heavy (non-hydrogen) atoms. The molecule has 112 valence electrons. The monoisotopic (exact) mass is 286 g/mol. The molecule has 0 unspecified atom stereocenters. The fourth-order valence-corrected chi connectivity index (χ4v) is 3.07. The first-order valence-electron chi connectivity index (χ1n) is 7.48. The molecule has 0 aliphatic heterocycles. The summed E-state index contributed by atoms with van der Waals surface area (Å²) >= 11 is 0. The van der Waals surface area contributed by atoms with Gasteiger partial charge in [-0.15, -0.1) is 0 Å². The standard InChI is InChI=1S/C16H22N4O/c1-21-13-9-7-11(8-10-13)14-15(17)20(18)16(19-14)12-5-3-2-4-6-12/h7-10,12H,2-6,17-18H2,1H3. The molecule has 1 aromatic carbocycles. The summed E-state index contributed by atoms with van der Waals surface area (Å²) in [7, 11) is 1.65. The number of rotatable bonds is 3. The maximum Gasteiger partial charge on any atom is 0.150 e. The first-order valence-corrected chi connectivity index (χ1v) is 7.48. The number of benzene rings is 1. The lowest BCUT2D eigenvalue weighted by atomic mass is 9.89. The van der Waals surface area contributed by atoms with Crippen LogP contribution in [0.2, 0.25) is 0 Å². The second-order valence-corrected chi connectivity index (χ2v) is 5.64. The van der Waals surface area contributed by atoms with Crippen molar-refractivity contribution in [2.45, 2.75) is 38.0 Å². The summed E-state index contributed by atoms with van der Waals surface area (Å²) in [6.45, 7) is 0. The van der Waals surface area contributed by atoms with Gasteiger partial charge in [0.15, 0.2) is 5.82 Å². The molecule has 1 heterocycles. The van der Waals surface area contributed by atoms with Gasteiger partial charge in [0.1, 0.15) is 17.3 Å². The van der Waals surface area contributed by atoms with E-state index in [9.17, 15) is 0 Å². The lowest BCUT2D eigenvalue weighted by Crippen LogP contribution is -2.19. The number of imidazole rings is 1. The van der Waals surface area contributed by atoms with Crippen molar-refractivity contribution >= 4 is 5.82 Å². The highest BCUT2D eigenvalue weighted by Crippen LogP contribution is 2.35. The van der Waals surface area contributed by atoms with Crippen LogP contribution in [0.4, 0.5) is 5.82 Å². The molecule has 5 heteroatoms. The van der Waals surface area contributed by atoms with Crippen LogP contribution in [0.25, 0.3) is 11.3 Å². The molecule has 5 nitrogen and oxygen atoms in total. The van der Waals surface area contributed by atoms with E-state index in [1.165, 1.54) is 19.3 Å². The predicted molar refractivity (Wildman–Crippen MR) is 84.6 cm³/mol. The van der Waals surface area contributed by atoms with Gasteiger partial charge < -0.3 is 16.3 Å². The van der Waals surface area contributed by atoms with Gasteiger partial charge in [-0.05, 0) is 37.1 Å². The summed E-state index contributed by atoms with van der Waals surface area (Å²) in [6.07, 6.45) is 6.10. The molecular formula is C16H22N4O. The van der Waals surface area contributed by atoms with Crippen LogP contribution in [0, 0.1) is 0 Å². The molecule has 2 aromatic rings. The molecule has 1 fully saturated rings. The Bertz CT molecular complexity index is 612. The molecule has 0 saturated heterocycles. The number of hydrogen-bond donors (Lipinski definition) is 2. The fraction of sp³-hybridized carbons (Fsp3) is 0.438. The Morgan fingerprint density at radius 3 is 2.43 bits per heavy atom. The van der Waals surface area contributed by atoms with Crippen molar-refractivity contribution in [3.05, 3.63) is 30.1 Å². The molecule has 1 aliphatic rings. The highest BCUT2D eigenvalue weighted by atomic mass is 16.5. The third-order valence-corrected chi connectivity index (χ3v) is 4.31. The van der Waals surface area contributed by atoms with Gasteiger partial charge in [0.05, 0.1) is 7.11 Å². The number of nitrogen functional groups attached to an aromatic ring is 2. The smallest absolute Gasteiger partial charge is 0.150 e. The molecule has 4 N–H and O–H groups in total. The molecule has 0 atom stereocenters. The molecule has 1 saturated carbocycles. The largest absolute Gasteiger partial charge is 0.497 e. The second kappa shape index (κ2) is 5.68. The summed E-state index contributed by atoms with van der Waals surface area (Å²) in [5.41, 5.74) is 7.89. The van der Waals surface area contributed by atoms with E-state index in [4.69, 9.17) is 21.3 Å². The van der Waals surface area contributed by atoms with Crippen LogP contribution < -0.4 is 16.3 Å². The van der Waals surface area contributed by atoms with Crippen molar-refractivity contribution in [2.75, 3.05) is 18.7 Å². The summed E-state index contributed by atoms with van der Waals surface area (Å²) in [5, 5.41) is 0. The van der Waals surface area contributed by atoms with E-state index in [0.29, 0.717) is 11.7 Å². The fourth-order valence-electron chi connectivity index (χ4n) is 3.07. The van der Waals surface area contributed by atoms with E-state index in [0.717, 1.165) is 35.7 Å². The summed E-state index contributed by atoms with van der Waals surface area (Å²) in [4.78, 5) is 4.73. The van der Waals surface area contributed by atoms with Gasteiger partial charge in [0.25, 0.3) is 0 Å². The van der Waals surface area contributed by atoms with Crippen LogP contribution in [-0.2, 0) is 0 Å². The van der Waals surface area contributed by atoms with Crippen LogP contribution in [-0.4, -0.2) is 16.8 Å². The molecule has 1 aliphatic carbocycles. The zero-order chi connectivity index (χ0) is 14.8. The average molecular weight is 286 g/mol. The number of nitrogens with two attached hydrogens (primary N) is 2. The number of nitrogens with zero attached hydrogens (tertiary/aromatic N) is 2. The van der Waals surface area contributed by atoms with Crippen molar-refractivity contribution in [3.63, 3.8) is 0 Å². The van der Waals surface area contributed by atoms with Crippen molar-refractivity contribution in [3.8, 4) is 17.0 Å². The van der Waals surface area contributed by atoms with Crippen molar-refractivity contribution < 1.29 is 4.74 Å². The van der Waals surface area contributed by atoms with Crippen LogP contribution in [0.5, 0.6) is 5.75 Å². The van der Waals surface area contributed by atoms with E-state index < -0.39 is 0 Å². The van der Waals surface area contributed by atoms with Gasteiger partial charge in [-0.25, -0.2) is 9.66 Å². The summed E-state index contributed by atoms with van der Waals surface area (Å²) < 4.78 is 6.74. The zero-order valence-electron chi connectivity index (χ0n) is 12.4. The Balaban J connectivity index is 1.95. The van der Waals surface area contributed by atoms with Crippen LogP contribution in [0.3, 0.4) is 0 Å². The van der Waals surface area contributed by atoms with Crippen LogP contribution in [0.15, 0.2) is 24.3 Å². The van der Waals surface area contributed by atoms with E-state index in [1.54, 1.807) is 11.8 Å². The summed E-state index contributed by atoms with van der Waals surface area (Å²) in [6, 6.07) is 7.74. The number of methoxy groups -OCH3 is 1. The van der Waals surface area contributed by atoms with Gasteiger partial charge in [-0.3, -0.25) is 0 Å². The predicted octanol–water partition coefficient (Wildman–Crippen LogP) is 2.90. The Morgan fingerprint density at radius 1 is 1.14 bits per heavy atom. The second-order valence-electron chi connectivity index (χ2n) is 5.64. The van der Waals surface area contributed by atoms with Gasteiger partial charge >= 0.3 is 0 Å². The van der Waals surface area contributed by atoms with Gasteiger partial charge in [-0.2, -0.15) is 0 Å². The minimum atomic E-state index is 0.429. The SMILES string of the molecule is COc1ccc(-c2nc(C3CCCCC3)n(N)c2N)cc1. The highest BCUT2D eigenvalue weighted by Gasteiger charge is 2.23. The first-order chi connectivity index (χ1) is 10.2. The Hall–Kier alpha value is -2.17. The Kier molecular flexibility index (Phi) is 3.73. The number of hydrogen-bond acceptors (Lipinski definition) is 4. The van der Waals surface area contributed by atoms with Gasteiger partial charge in [-0.1, -0.05) is 19.3 Å². The topological polar surface area (TPSA) is 79.1 Å². The Labute approximate surface area is 124 Å². The molecule has 0 radical (unpaired) electrons. The third-order valence-electron chi connectivity index (χ3n) is 4.31. The lowest BCUT2D eigenvalue weighted by molar-refractivity contribution is 0.415. The zero-order valence-corrected chi connectivity index (χ0v) is 12.4. The first kappa shape index (κ1) is 13.8. The maximum atomic E-state index is 6.16. The van der Waals surface area contributed by atoms with E-state index in [2.05, 4.69) is 0 Å². The van der Waals surface area contributed by atoms with Gasteiger partial charge in [0.2, 0.25) is 0 Å². The van der Waals surface area contributed by atoms with E-state index >= 15 is 0 Å². The molecular weight excluding hydrogens is 264 g/mol. The molecule has 1 aromatic heterocycles. The van der Waals surface area contributed by atoms with Crippen molar-refractivity contribution in [2.24, 2.45) is 0 Å². The van der Waals surface area contributed by atoms with Gasteiger partial charge in [0, 0.05) is 11.5 Å². The molecule has 0 amide bonds. The van der Waals surface area contributed by atoms with Crippen LogP contribution >= 0.6 is 0 Å². The number of aromatic nitrogens is 2. The molecule has 0 spiro atoms. The normalized spacial score (nSPS) is 16.0. The van der Waals surface area contributed by atoms with E-state index in [1.807, 2.05) is 24.3 Å². The molecule has 3 rings (SSSR count). The van der Waals surface area contributed by atoms with Crippen LogP contribution in [0.1, 0.15) is 43.8 Å². The summed E-state index contributed by atoms with van der Waals surface area (Å²) in [5.74, 6) is 8.82. The molecule has 0 bridgehead atoms. The third kappa shape index (κ3) is 2.55. The number of anilines is 1. The van der Waals surface area contributed by atoms with E-state index in [-0.39, 0.29) is 0 Å². The lowest BCUT2D eigenvalue weighted by Gasteiger charge is -2.20. The minimum absolute atomic E-state index is 0.429. The Morgan fingerprint density at radius 2 is 1.81 bits per heavy atom. The van der Waals surface area contributed by atoms with Crippen molar-refractivity contribution in [1.82, 2.24) is 9.66 Å². The highest BCUT2D eigenvalue weighted by molar-refractivity contribution is 5.71. The van der Waals surface area contributed by atoms with Crippen molar-refractivity contribution in [1.29, 1.82) is 0 Å². The minimum Gasteiger partial charge on any atom is -0.497 e. The quantitative estimate of drug-likeness (QED) is 0.850.